The van der Waals surface area contributed by atoms with Crippen LogP contribution in [0.25, 0.3) is 0 Å². The Morgan fingerprint density at radius 2 is 1.85 bits per heavy atom. The summed E-state index contributed by atoms with van der Waals surface area (Å²) < 4.78 is 11.4. The monoisotopic (exact) mass is 419 g/mol. The van der Waals surface area contributed by atoms with Crippen molar-refractivity contribution < 1.29 is 19.1 Å². The highest BCUT2D eigenvalue weighted by Crippen LogP contribution is 2.25. The summed E-state index contributed by atoms with van der Waals surface area (Å²) in [6, 6.07) is 13.0. The summed E-state index contributed by atoms with van der Waals surface area (Å²) in [5, 5.41) is 2.71. The lowest BCUT2D eigenvalue weighted by Crippen LogP contribution is -2.24. The van der Waals surface area contributed by atoms with Gasteiger partial charge in [-0.1, -0.05) is 48.0 Å². The zero-order valence-electron chi connectivity index (χ0n) is 15.0. The van der Waals surface area contributed by atoms with Gasteiger partial charge in [-0.25, -0.2) is 4.79 Å². The van der Waals surface area contributed by atoms with E-state index in [4.69, 9.17) is 9.47 Å². The van der Waals surface area contributed by atoms with Crippen LogP contribution in [0.2, 0.25) is 0 Å². The Bertz CT molecular complexity index is 789. The molecular weight excluding hydrogens is 398 g/mol. The predicted octanol–water partition coefficient (Wildman–Crippen LogP) is 4.44. The zero-order valence-corrected chi connectivity index (χ0v) is 16.6. The number of nitrogens with one attached hydrogen (secondary N) is 1. The van der Waals surface area contributed by atoms with E-state index < -0.39 is 11.9 Å². The second kappa shape index (κ2) is 9.38. The van der Waals surface area contributed by atoms with Gasteiger partial charge in [0.05, 0.1) is 0 Å². The molecule has 138 valence electrons. The first-order valence-corrected chi connectivity index (χ1v) is 9.09. The van der Waals surface area contributed by atoms with Crippen LogP contribution < -0.4 is 10.1 Å². The third-order valence-corrected chi connectivity index (χ3v) is 4.21. The van der Waals surface area contributed by atoms with Gasteiger partial charge >= 0.3 is 5.97 Å². The molecule has 0 fully saturated rings. The van der Waals surface area contributed by atoms with Crippen LogP contribution >= 0.6 is 15.9 Å². The number of halogens is 1. The third-order valence-electron chi connectivity index (χ3n) is 3.71. The second-order valence-corrected chi connectivity index (χ2v) is 7.06. The van der Waals surface area contributed by atoms with E-state index in [9.17, 15) is 9.59 Å². The fourth-order valence-electron chi connectivity index (χ4n) is 2.37. The van der Waals surface area contributed by atoms with Crippen LogP contribution in [-0.2, 0) is 14.3 Å². The van der Waals surface area contributed by atoms with Gasteiger partial charge in [0.25, 0.3) is 5.91 Å². The number of carbonyl (C=O) groups excluding carboxylic acids is 2. The highest BCUT2D eigenvalue weighted by atomic mass is 79.9. The molecule has 0 spiro atoms. The Balaban J connectivity index is 1.81. The van der Waals surface area contributed by atoms with Crippen molar-refractivity contribution in [2.45, 2.75) is 26.7 Å². The summed E-state index contributed by atoms with van der Waals surface area (Å²) >= 11 is 3.37. The van der Waals surface area contributed by atoms with Gasteiger partial charge in [0, 0.05) is 10.2 Å². The standard InChI is InChI=1S/C20H22BrNO4/c1-13(2)16-6-4-5-7-18(16)25-12-20(24)26-11-19(23)22-17-9-8-15(21)10-14(17)3/h4-10,13H,11-12H2,1-3H3,(H,22,23). The molecular formula is C20H22BrNO4. The van der Waals surface area contributed by atoms with Crippen molar-refractivity contribution >= 4 is 33.5 Å². The molecule has 26 heavy (non-hydrogen) atoms. The summed E-state index contributed by atoms with van der Waals surface area (Å²) in [6.07, 6.45) is 0. The predicted molar refractivity (Wildman–Crippen MR) is 104 cm³/mol. The topological polar surface area (TPSA) is 64.6 Å². The number of anilines is 1. The van der Waals surface area contributed by atoms with Gasteiger partial charge in [-0.05, 0) is 48.2 Å². The molecule has 6 heteroatoms. The molecule has 0 aliphatic carbocycles. The van der Waals surface area contributed by atoms with E-state index in [1.165, 1.54) is 0 Å². The van der Waals surface area contributed by atoms with Crippen LogP contribution in [0.3, 0.4) is 0 Å². The number of hydrogen-bond donors (Lipinski definition) is 1. The van der Waals surface area contributed by atoms with E-state index in [1.54, 1.807) is 6.07 Å². The third kappa shape index (κ3) is 5.88. The molecule has 5 nitrogen and oxygen atoms in total. The lowest BCUT2D eigenvalue weighted by Gasteiger charge is -2.13. The molecule has 0 saturated heterocycles. The summed E-state index contributed by atoms with van der Waals surface area (Å²) in [5.74, 6) is -0.0610. The van der Waals surface area contributed by atoms with Crippen LogP contribution in [0.5, 0.6) is 5.75 Å². The van der Waals surface area contributed by atoms with Crippen LogP contribution in [0.1, 0.15) is 30.9 Å². The fraction of sp³-hybridized carbons (Fsp3) is 0.300. The Morgan fingerprint density at radius 1 is 1.12 bits per heavy atom. The first kappa shape index (κ1) is 20.0. The van der Waals surface area contributed by atoms with Gasteiger partial charge in [0.15, 0.2) is 13.2 Å². The number of esters is 1. The maximum atomic E-state index is 11.9. The van der Waals surface area contributed by atoms with Crippen molar-refractivity contribution in [1.29, 1.82) is 0 Å². The number of hydrogen-bond acceptors (Lipinski definition) is 4. The molecule has 0 aliphatic heterocycles. The Kier molecular flexibility index (Phi) is 7.21. The molecule has 0 bridgehead atoms. The van der Waals surface area contributed by atoms with E-state index in [1.807, 2.05) is 43.3 Å². The molecule has 0 atom stereocenters. The molecule has 0 aromatic heterocycles. The lowest BCUT2D eigenvalue weighted by molar-refractivity contribution is -0.149. The molecule has 0 aliphatic rings. The SMILES string of the molecule is Cc1cc(Br)ccc1NC(=O)COC(=O)COc1ccccc1C(C)C. The van der Waals surface area contributed by atoms with Crippen molar-refractivity contribution in [3.63, 3.8) is 0 Å². The molecule has 2 aromatic rings. The average Bonchev–Trinajstić information content (AvgIpc) is 2.60. The van der Waals surface area contributed by atoms with Gasteiger partial charge in [-0.3, -0.25) is 4.79 Å². The van der Waals surface area contributed by atoms with Crippen LogP contribution in [-0.4, -0.2) is 25.1 Å². The molecule has 1 N–H and O–H groups in total. The molecule has 2 aromatic carbocycles. The zero-order chi connectivity index (χ0) is 19.1. The van der Waals surface area contributed by atoms with E-state index in [2.05, 4.69) is 35.1 Å². The minimum atomic E-state index is -0.591. The van der Waals surface area contributed by atoms with E-state index in [0.717, 1.165) is 15.6 Å². The first-order chi connectivity index (χ1) is 12.4. The number of rotatable bonds is 7. The average molecular weight is 420 g/mol. The van der Waals surface area contributed by atoms with Gasteiger partial charge in [-0.2, -0.15) is 0 Å². The van der Waals surface area contributed by atoms with Crippen molar-refractivity contribution in [2.24, 2.45) is 0 Å². The summed E-state index contributed by atoms with van der Waals surface area (Å²) in [4.78, 5) is 23.8. The fourth-order valence-corrected chi connectivity index (χ4v) is 2.84. The summed E-state index contributed by atoms with van der Waals surface area (Å²) in [5.41, 5.74) is 2.60. The molecule has 1 amide bonds. The summed E-state index contributed by atoms with van der Waals surface area (Å²) in [6.45, 7) is 5.38. The van der Waals surface area contributed by atoms with E-state index in [-0.39, 0.29) is 19.1 Å². The highest BCUT2D eigenvalue weighted by molar-refractivity contribution is 9.10. The second-order valence-electron chi connectivity index (χ2n) is 6.15. The Labute approximate surface area is 161 Å². The minimum Gasteiger partial charge on any atom is -0.482 e. The maximum Gasteiger partial charge on any atom is 0.344 e. The minimum absolute atomic E-state index is 0.242. The first-order valence-electron chi connectivity index (χ1n) is 8.30. The van der Waals surface area contributed by atoms with Gasteiger partial charge in [0.1, 0.15) is 5.75 Å². The molecule has 0 saturated carbocycles. The Hall–Kier alpha value is -2.34. The number of ether oxygens (including phenoxy) is 2. The van der Waals surface area contributed by atoms with Crippen LogP contribution in [0, 0.1) is 6.92 Å². The molecule has 0 unspecified atom stereocenters. The van der Waals surface area contributed by atoms with Gasteiger partial charge in [0.2, 0.25) is 0 Å². The van der Waals surface area contributed by atoms with E-state index in [0.29, 0.717) is 11.4 Å². The number of benzene rings is 2. The molecule has 0 heterocycles. The van der Waals surface area contributed by atoms with Crippen LogP contribution in [0.4, 0.5) is 5.69 Å². The normalized spacial score (nSPS) is 10.5. The number of para-hydroxylation sites is 1. The molecule has 0 radical (unpaired) electrons. The van der Waals surface area contributed by atoms with Crippen molar-refractivity contribution in [1.82, 2.24) is 0 Å². The van der Waals surface area contributed by atoms with Gasteiger partial charge in [-0.15, -0.1) is 0 Å². The van der Waals surface area contributed by atoms with Crippen LogP contribution in [0.15, 0.2) is 46.9 Å². The highest BCUT2D eigenvalue weighted by Gasteiger charge is 2.12. The maximum absolute atomic E-state index is 11.9. The Morgan fingerprint density at radius 3 is 2.54 bits per heavy atom. The van der Waals surface area contributed by atoms with Crippen molar-refractivity contribution in [3.05, 3.63) is 58.1 Å². The van der Waals surface area contributed by atoms with Crippen molar-refractivity contribution in [3.8, 4) is 5.75 Å². The molecule has 2 rings (SSSR count). The lowest BCUT2D eigenvalue weighted by atomic mass is 10.0. The largest absolute Gasteiger partial charge is 0.482 e. The van der Waals surface area contributed by atoms with Crippen molar-refractivity contribution in [2.75, 3.05) is 18.5 Å². The number of aryl methyl sites for hydroxylation is 1. The number of carbonyl (C=O) groups is 2. The quantitative estimate of drug-likeness (QED) is 0.673. The smallest absolute Gasteiger partial charge is 0.344 e. The number of amides is 1. The van der Waals surface area contributed by atoms with E-state index >= 15 is 0 Å². The van der Waals surface area contributed by atoms with Gasteiger partial charge < -0.3 is 14.8 Å². The summed E-state index contributed by atoms with van der Waals surface area (Å²) in [7, 11) is 0.